The number of nitrogens with one attached hydrogen (secondary N) is 1. The molecule has 132 valence electrons. The van der Waals surface area contributed by atoms with E-state index < -0.39 is 0 Å². The smallest absolute Gasteiger partial charge is 0.118 e. The number of ether oxygens (including phenoxy) is 1. The molecule has 1 unspecified atom stereocenters. The molecule has 0 bridgehead atoms. The lowest BCUT2D eigenvalue weighted by Gasteiger charge is -2.39. The normalized spacial score (nSPS) is 20.6. The fourth-order valence-electron chi connectivity index (χ4n) is 4.16. The number of nitrogens with two attached hydrogens (primary N) is 1. The Bertz CT molecular complexity index is 871. The van der Waals surface area contributed by atoms with Crippen molar-refractivity contribution in [1.29, 1.82) is 0 Å². The van der Waals surface area contributed by atoms with Gasteiger partial charge < -0.3 is 15.5 Å². The van der Waals surface area contributed by atoms with Gasteiger partial charge in [0.2, 0.25) is 0 Å². The molecule has 2 aromatic carbocycles. The first-order chi connectivity index (χ1) is 11.6. The number of methoxy groups -OCH3 is 1. The van der Waals surface area contributed by atoms with Gasteiger partial charge in [-0.3, -0.25) is 0 Å². The molecule has 0 amide bonds. The van der Waals surface area contributed by atoms with Crippen LogP contribution in [-0.4, -0.2) is 12.1 Å². The second kappa shape index (κ2) is 6.74. The molecule has 0 saturated carbocycles. The molecular formula is C21H25ClN2O. The Morgan fingerprint density at radius 1 is 1.12 bits per heavy atom. The summed E-state index contributed by atoms with van der Waals surface area (Å²) < 4.78 is 5.28. The maximum absolute atomic E-state index is 7.02. The van der Waals surface area contributed by atoms with Crippen LogP contribution in [0.3, 0.4) is 0 Å². The number of H-pyrrole nitrogens is 1. The minimum absolute atomic E-state index is 0. The van der Waals surface area contributed by atoms with Crippen LogP contribution in [0.5, 0.6) is 5.75 Å². The monoisotopic (exact) mass is 356 g/mol. The van der Waals surface area contributed by atoms with E-state index in [1.54, 1.807) is 7.11 Å². The molecule has 3 N–H and O–H groups in total. The van der Waals surface area contributed by atoms with E-state index in [9.17, 15) is 0 Å². The second-order valence-electron chi connectivity index (χ2n) is 6.91. The largest absolute Gasteiger partial charge is 0.497 e. The summed E-state index contributed by atoms with van der Waals surface area (Å²) in [7, 11) is 1.70. The fourth-order valence-corrected chi connectivity index (χ4v) is 4.16. The molecule has 1 aliphatic rings. The van der Waals surface area contributed by atoms with Crippen LogP contribution in [0.2, 0.25) is 0 Å². The van der Waals surface area contributed by atoms with Crippen molar-refractivity contribution in [3.63, 3.8) is 0 Å². The van der Waals surface area contributed by atoms with Crippen LogP contribution >= 0.6 is 12.4 Å². The van der Waals surface area contributed by atoms with E-state index in [0.717, 1.165) is 25.0 Å². The molecule has 1 heterocycles. The van der Waals surface area contributed by atoms with Gasteiger partial charge in [-0.25, -0.2) is 0 Å². The van der Waals surface area contributed by atoms with Crippen LogP contribution in [-0.2, 0) is 12.0 Å². The predicted molar refractivity (Wildman–Crippen MR) is 106 cm³/mol. The maximum Gasteiger partial charge on any atom is 0.118 e. The SMILES string of the molecule is COc1ccc([C@H](C)C2(N)CCCc3c2[nH]c2ccccc32)cc1.Cl. The van der Waals surface area contributed by atoms with Crippen LogP contribution in [0.25, 0.3) is 10.9 Å². The minimum atomic E-state index is -0.360. The zero-order valence-corrected chi connectivity index (χ0v) is 15.5. The van der Waals surface area contributed by atoms with Crippen molar-refractivity contribution in [3.8, 4) is 5.75 Å². The van der Waals surface area contributed by atoms with Crippen molar-refractivity contribution in [2.75, 3.05) is 7.11 Å². The molecule has 0 saturated heterocycles. The molecule has 4 rings (SSSR count). The van der Waals surface area contributed by atoms with Crippen LogP contribution in [0.1, 0.15) is 42.5 Å². The number of aryl methyl sites for hydroxylation is 1. The van der Waals surface area contributed by atoms with E-state index in [0.29, 0.717) is 0 Å². The molecule has 4 heteroatoms. The molecule has 0 spiro atoms. The molecule has 0 radical (unpaired) electrons. The summed E-state index contributed by atoms with van der Waals surface area (Å²) in [6.07, 6.45) is 3.24. The Hall–Kier alpha value is -1.97. The van der Waals surface area contributed by atoms with Gasteiger partial charge in [0.25, 0.3) is 0 Å². The number of para-hydroxylation sites is 1. The summed E-state index contributed by atoms with van der Waals surface area (Å²) in [4.78, 5) is 3.63. The predicted octanol–water partition coefficient (Wildman–Crippen LogP) is 4.89. The fraction of sp³-hybridized carbons (Fsp3) is 0.333. The number of fused-ring (bicyclic) bond motifs is 3. The van der Waals surface area contributed by atoms with Crippen molar-refractivity contribution in [3.05, 3.63) is 65.4 Å². The Morgan fingerprint density at radius 3 is 2.56 bits per heavy atom. The number of hydrogen-bond donors (Lipinski definition) is 2. The summed E-state index contributed by atoms with van der Waals surface area (Å²) in [5.41, 5.74) is 11.7. The highest BCUT2D eigenvalue weighted by Crippen LogP contribution is 2.45. The number of aromatic nitrogens is 1. The summed E-state index contributed by atoms with van der Waals surface area (Å²) in [6, 6.07) is 16.8. The third kappa shape index (κ3) is 2.82. The van der Waals surface area contributed by atoms with Crippen molar-refractivity contribution >= 4 is 23.3 Å². The molecule has 3 nitrogen and oxygen atoms in total. The van der Waals surface area contributed by atoms with E-state index in [-0.39, 0.29) is 23.9 Å². The first-order valence-electron chi connectivity index (χ1n) is 8.66. The standard InChI is InChI=1S/C21H24N2O.ClH/c1-14(15-9-11-16(24-2)12-10-15)21(22)13-5-7-18-17-6-3-4-8-19(17)23-20(18)21;/h3-4,6,8-12,14,23H,5,7,13,22H2,1-2H3;1H/t14-,21?;/m0./s1. The van der Waals surface area contributed by atoms with E-state index in [1.807, 2.05) is 12.1 Å². The lowest BCUT2D eigenvalue weighted by molar-refractivity contribution is 0.310. The Labute approximate surface area is 155 Å². The highest BCUT2D eigenvalue weighted by molar-refractivity contribution is 5.85. The summed E-state index contributed by atoms with van der Waals surface area (Å²) in [5, 5.41) is 1.32. The van der Waals surface area contributed by atoms with Gasteiger partial charge in [-0.1, -0.05) is 37.3 Å². The Balaban J connectivity index is 0.00000182. The molecule has 1 aromatic heterocycles. The van der Waals surface area contributed by atoms with E-state index in [2.05, 4.69) is 48.3 Å². The average molecular weight is 357 g/mol. The number of aromatic amines is 1. The van der Waals surface area contributed by atoms with Gasteiger partial charge in [0, 0.05) is 22.5 Å². The quantitative estimate of drug-likeness (QED) is 0.701. The minimum Gasteiger partial charge on any atom is -0.497 e. The van der Waals surface area contributed by atoms with Crippen molar-refractivity contribution in [1.82, 2.24) is 4.98 Å². The van der Waals surface area contributed by atoms with Crippen molar-refractivity contribution < 1.29 is 4.74 Å². The van der Waals surface area contributed by atoms with Crippen LogP contribution < -0.4 is 10.5 Å². The summed E-state index contributed by atoms with van der Waals surface area (Å²) in [6.45, 7) is 2.24. The maximum atomic E-state index is 7.02. The van der Waals surface area contributed by atoms with E-state index >= 15 is 0 Å². The Kier molecular flexibility index (Phi) is 4.81. The zero-order chi connectivity index (χ0) is 16.7. The van der Waals surface area contributed by atoms with Gasteiger partial charge in [0.05, 0.1) is 12.6 Å². The average Bonchev–Trinajstić information content (AvgIpc) is 3.02. The third-order valence-corrected chi connectivity index (χ3v) is 5.68. The summed E-state index contributed by atoms with van der Waals surface area (Å²) in [5.74, 6) is 1.11. The van der Waals surface area contributed by atoms with E-state index in [1.165, 1.54) is 27.7 Å². The van der Waals surface area contributed by atoms with Gasteiger partial charge in [-0.15, -0.1) is 12.4 Å². The highest BCUT2D eigenvalue weighted by Gasteiger charge is 2.40. The van der Waals surface area contributed by atoms with Gasteiger partial charge in [0.1, 0.15) is 5.75 Å². The zero-order valence-electron chi connectivity index (χ0n) is 14.7. The topological polar surface area (TPSA) is 51.0 Å². The summed E-state index contributed by atoms with van der Waals surface area (Å²) >= 11 is 0. The van der Waals surface area contributed by atoms with Gasteiger partial charge >= 0.3 is 0 Å². The number of rotatable bonds is 3. The lowest BCUT2D eigenvalue weighted by atomic mass is 9.71. The molecule has 0 fully saturated rings. The first-order valence-corrected chi connectivity index (χ1v) is 8.66. The van der Waals surface area contributed by atoms with Crippen LogP contribution in [0, 0.1) is 0 Å². The van der Waals surface area contributed by atoms with Gasteiger partial charge in [-0.05, 0) is 48.6 Å². The van der Waals surface area contributed by atoms with E-state index in [4.69, 9.17) is 10.5 Å². The molecule has 3 aromatic rings. The first kappa shape index (κ1) is 17.8. The number of benzene rings is 2. The van der Waals surface area contributed by atoms with Crippen LogP contribution in [0.15, 0.2) is 48.5 Å². The number of halogens is 1. The number of hydrogen-bond acceptors (Lipinski definition) is 2. The second-order valence-corrected chi connectivity index (χ2v) is 6.91. The lowest BCUT2D eigenvalue weighted by Crippen LogP contribution is -2.44. The van der Waals surface area contributed by atoms with Crippen molar-refractivity contribution in [2.24, 2.45) is 5.73 Å². The molecular weight excluding hydrogens is 332 g/mol. The highest BCUT2D eigenvalue weighted by atomic mass is 35.5. The molecule has 1 aliphatic carbocycles. The van der Waals surface area contributed by atoms with Crippen molar-refractivity contribution in [2.45, 2.75) is 37.6 Å². The third-order valence-electron chi connectivity index (χ3n) is 5.68. The van der Waals surface area contributed by atoms with Gasteiger partial charge in [-0.2, -0.15) is 0 Å². The molecule has 0 aliphatic heterocycles. The van der Waals surface area contributed by atoms with Gasteiger partial charge in [0.15, 0.2) is 0 Å². The van der Waals surface area contributed by atoms with Crippen LogP contribution in [0.4, 0.5) is 0 Å². The Morgan fingerprint density at radius 2 is 1.84 bits per heavy atom. The molecule has 2 atom stereocenters. The molecule has 25 heavy (non-hydrogen) atoms.